The molecule has 0 aliphatic rings. The molecule has 0 aromatic rings. The molecule has 0 amide bonds. The molecular formula is C14H38Si4. The molecule has 18 heavy (non-hydrogen) atoms. The summed E-state index contributed by atoms with van der Waals surface area (Å²) >= 11 is 0. The first-order valence-electron chi connectivity index (χ1n) is 7.67. The third-order valence-corrected chi connectivity index (χ3v) is 76.1. The average Bonchev–Trinajstić information content (AvgIpc) is 2.12. The smallest absolute Gasteiger partial charge is 0.0384 e. The molecule has 110 valence electrons. The highest BCUT2D eigenvalue weighted by Crippen LogP contribution is 2.37. The highest BCUT2D eigenvalue weighted by Gasteiger charge is 2.56. The molecule has 0 bridgehead atoms. The highest BCUT2D eigenvalue weighted by molar-refractivity contribution is 7.83. The lowest BCUT2D eigenvalue weighted by atomic mass is 10.2. The van der Waals surface area contributed by atoms with Crippen LogP contribution in [-0.4, -0.2) is 29.4 Å². The van der Waals surface area contributed by atoms with Crippen molar-refractivity contribution < 1.29 is 0 Å². The van der Waals surface area contributed by atoms with E-state index in [0.717, 1.165) is 5.92 Å². The van der Waals surface area contributed by atoms with Gasteiger partial charge < -0.3 is 0 Å². The van der Waals surface area contributed by atoms with Crippen LogP contribution in [0.25, 0.3) is 0 Å². The zero-order valence-electron chi connectivity index (χ0n) is 15.0. The normalized spacial score (nSPS) is 15.3. The summed E-state index contributed by atoms with van der Waals surface area (Å²) < 4.78 is 0. The lowest BCUT2D eigenvalue weighted by molar-refractivity contribution is 0.621. The molecule has 0 rings (SSSR count). The maximum Gasteiger partial charge on any atom is 0.0384 e. The molecule has 0 N–H and O–H groups in total. The van der Waals surface area contributed by atoms with Crippen molar-refractivity contribution in [1.29, 1.82) is 0 Å². The zero-order chi connectivity index (χ0) is 15.0. The van der Waals surface area contributed by atoms with Crippen molar-refractivity contribution >= 4 is 29.4 Å². The van der Waals surface area contributed by atoms with Gasteiger partial charge in [0.25, 0.3) is 0 Å². The lowest BCUT2D eigenvalue weighted by Gasteiger charge is -2.54. The Balaban J connectivity index is 5.23. The fourth-order valence-electron chi connectivity index (χ4n) is 2.75. The van der Waals surface area contributed by atoms with Gasteiger partial charge >= 0.3 is 0 Å². The van der Waals surface area contributed by atoms with Gasteiger partial charge in [-0.25, -0.2) is 0 Å². The second kappa shape index (κ2) is 5.70. The van der Waals surface area contributed by atoms with Gasteiger partial charge in [-0.1, -0.05) is 85.2 Å². The minimum atomic E-state index is -1.02. The van der Waals surface area contributed by atoms with E-state index in [-0.39, 0.29) is 0 Å². The molecule has 0 saturated carbocycles. The second-order valence-electron chi connectivity index (χ2n) is 9.32. The van der Waals surface area contributed by atoms with Crippen LogP contribution in [0.5, 0.6) is 0 Å². The molecule has 4 heteroatoms. The van der Waals surface area contributed by atoms with Crippen molar-refractivity contribution in [3.63, 3.8) is 0 Å². The zero-order valence-corrected chi connectivity index (χ0v) is 19.0. The highest BCUT2D eigenvalue weighted by atomic mass is 29.8. The summed E-state index contributed by atoms with van der Waals surface area (Å²) in [6, 6.07) is 1.57. The molecule has 0 fully saturated rings. The van der Waals surface area contributed by atoms with Crippen LogP contribution in [0.1, 0.15) is 20.3 Å². The summed E-state index contributed by atoms with van der Waals surface area (Å²) in [6.07, 6.45) is 1.46. The van der Waals surface area contributed by atoms with Crippen LogP contribution >= 0.6 is 0 Å². The molecular weight excluding hydrogens is 280 g/mol. The topological polar surface area (TPSA) is 0 Å². The number of hydrogen-bond acceptors (Lipinski definition) is 0. The van der Waals surface area contributed by atoms with Crippen LogP contribution in [0, 0.1) is 5.92 Å². The predicted molar refractivity (Wildman–Crippen MR) is 100 cm³/mol. The van der Waals surface area contributed by atoms with Crippen LogP contribution in [0.3, 0.4) is 0 Å². The molecule has 0 aromatic heterocycles. The Morgan fingerprint density at radius 1 is 0.667 bits per heavy atom. The van der Waals surface area contributed by atoms with Crippen molar-refractivity contribution in [2.45, 2.75) is 85.2 Å². The molecule has 0 aliphatic heterocycles. The number of hydrogen-bond donors (Lipinski definition) is 0. The fourth-order valence-corrected chi connectivity index (χ4v) is 73.7. The second-order valence-corrected chi connectivity index (χ2v) is 51.1. The summed E-state index contributed by atoms with van der Waals surface area (Å²) in [5.74, 6) is 0.887. The summed E-state index contributed by atoms with van der Waals surface area (Å²) in [6.45, 7) is 29.2. The first-order valence-corrected chi connectivity index (χ1v) is 23.4. The Hall–Kier alpha value is 0.868. The van der Waals surface area contributed by atoms with Gasteiger partial charge in [-0.05, 0) is 5.92 Å². The molecule has 0 spiro atoms. The van der Waals surface area contributed by atoms with Crippen molar-refractivity contribution in [2.24, 2.45) is 5.92 Å². The minimum absolute atomic E-state index is 0.887. The molecule has 0 atom stereocenters. The molecule has 0 radical (unpaired) electrons. The van der Waals surface area contributed by atoms with Gasteiger partial charge in [0.1, 0.15) is 0 Å². The lowest BCUT2D eigenvalue weighted by Crippen LogP contribution is -2.78. The standard InChI is InChI=1S/C14H38Si4/c1-14(2)12-13-16(6,7)18(10,11)17(8,9)15(3,4)5/h14H,12-13H2,1-11H3. The Bertz CT molecular complexity index is 272. The van der Waals surface area contributed by atoms with E-state index in [2.05, 4.69) is 72.8 Å². The Kier molecular flexibility index (Phi) is 5.97. The van der Waals surface area contributed by atoms with Gasteiger partial charge in [-0.15, -0.1) is 0 Å². The van der Waals surface area contributed by atoms with Crippen molar-refractivity contribution in [2.75, 3.05) is 0 Å². The van der Waals surface area contributed by atoms with Crippen LogP contribution in [-0.2, 0) is 0 Å². The Morgan fingerprint density at radius 3 is 1.33 bits per heavy atom. The van der Waals surface area contributed by atoms with Crippen molar-refractivity contribution in [1.82, 2.24) is 0 Å². The van der Waals surface area contributed by atoms with E-state index in [1.165, 1.54) is 6.42 Å². The van der Waals surface area contributed by atoms with E-state index in [0.29, 0.717) is 0 Å². The van der Waals surface area contributed by atoms with Crippen molar-refractivity contribution in [3.8, 4) is 0 Å². The van der Waals surface area contributed by atoms with E-state index < -0.39 is 29.4 Å². The summed E-state index contributed by atoms with van der Waals surface area (Å²) in [4.78, 5) is 0. The van der Waals surface area contributed by atoms with Gasteiger partial charge in [0.05, 0.1) is 0 Å². The first-order chi connectivity index (χ1) is 7.67. The van der Waals surface area contributed by atoms with Gasteiger partial charge in [0.15, 0.2) is 0 Å². The molecule has 0 unspecified atom stereocenters. The molecule has 0 nitrogen and oxygen atoms in total. The first kappa shape index (κ1) is 18.9. The SMILES string of the molecule is CC(C)CC[Si](C)(C)[Si](C)(C)[Si](C)(C)[Si](C)(C)C. The van der Waals surface area contributed by atoms with Crippen LogP contribution in [0.15, 0.2) is 0 Å². The van der Waals surface area contributed by atoms with Gasteiger partial charge in [-0.2, -0.15) is 0 Å². The Labute approximate surface area is 120 Å². The summed E-state index contributed by atoms with van der Waals surface area (Å²) in [5, 5.41) is 0. The molecule has 0 aromatic carbocycles. The third-order valence-electron chi connectivity index (χ3n) is 6.48. The summed E-state index contributed by atoms with van der Waals surface area (Å²) in [7, 11) is -3.98. The molecule has 0 saturated heterocycles. The van der Waals surface area contributed by atoms with Crippen LogP contribution in [0.2, 0.25) is 65.0 Å². The minimum Gasteiger partial charge on any atom is -0.0733 e. The van der Waals surface area contributed by atoms with E-state index in [1.807, 2.05) is 0 Å². The van der Waals surface area contributed by atoms with Crippen LogP contribution < -0.4 is 0 Å². The van der Waals surface area contributed by atoms with Crippen molar-refractivity contribution in [3.05, 3.63) is 0 Å². The van der Waals surface area contributed by atoms with Gasteiger partial charge in [-0.3, -0.25) is 0 Å². The largest absolute Gasteiger partial charge is 0.0733 e. The van der Waals surface area contributed by atoms with E-state index in [1.54, 1.807) is 6.04 Å². The molecule has 0 aliphatic carbocycles. The molecule has 0 heterocycles. The maximum absolute atomic E-state index is 2.77. The quantitative estimate of drug-likeness (QED) is 0.548. The van der Waals surface area contributed by atoms with E-state index in [4.69, 9.17) is 0 Å². The Morgan fingerprint density at radius 2 is 1.06 bits per heavy atom. The van der Waals surface area contributed by atoms with Gasteiger partial charge in [0, 0.05) is 29.4 Å². The average molecular weight is 319 g/mol. The summed E-state index contributed by atoms with van der Waals surface area (Å²) in [5.41, 5.74) is 0. The predicted octanol–water partition coefficient (Wildman–Crippen LogP) is 5.73. The number of rotatable bonds is 6. The maximum atomic E-state index is 2.77. The van der Waals surface area contributed by atoms with E-state index in [9.17, 15) is 0 Å². The third kappa shape index (κ3) is 3.70. The van der Waals surface area contributed by atoms with Crippen LogP contribution in [0.4, 0.5) is 0 Å². The monoisotopic (exact) mass is 318 g/mol. The fraction of sp³-hybridized carbons (Fsp3) is 1.00. The van der Waals surface area contributed by atoms with Gasteiger partial charge in [0.2, 0.25) is 0 Å². The van der Waals surface area contributed by atoms with E-state index >= 15 is 0 Å².